The summed E-state index contributed by atoms with van der Waals surface area (Å²) in [5.41, 5.74) is 0. The molecule has 2 aliphatic rings. The van der Waals surface area contributed by atoms with Crippen LogP contribution in [0.2, 0.25) is 0 Å². The van der Waals surface area contributed by atoms with Gasteiger partial charge in [-0.25, -0.2) is 0 Å². The zero-order valence-electron chi connectivity index (χ0n) is 13.0. The van der Waals surface area contributed by atoms with Gasteiger partial charge in [0.2, 0.25) is 11.8 Å². The largest absolute Gasteiger partial charge is 0.396 e. The molecule has 0 bridgehead atoms. The van der Waals surface area contributed by atoms with Gasteiger partial charge in [0.25, 0.3) is 0 Å². The van der Waals surface area contributed by atoms with E-state index in [-0.39, 0.29) is 30.3 Å². The van der Waals surface area contributed by atoms with Crippen molar-refractivity contribution in [1.29, 1.82) is 0 Å². The first-order valence-electron chi connectivity index (χ1n) is 8.33. The van der Waals surface area contributed by atoms with E-state index in [2.05, 4.69) is 12.2 Å². The molecule has 1 heterocycles. The van der Waals surface area contributed by atoms with E-state index in [0.717, 1.165) is 45.1 Å². The number of hydrogen-bond donors (Lipinski definition) is 2. The zero-order chi connectivity index (χ0) is 15.2. The molecule has 1 aliphatic carbocycles. The number of carbonyl (C=O) groups excluding carboxylic acids is 2. The lowest BCUT2D eigenvalue weighted by Gasteiger charge is -2.32. The summed E-state index contributed by atoms with van der Waals surface area (Å²) >= 11 is 0. The molecule has 0 aromatic heterocycles. The van der Waals surface area contributed by atoms with Crippen molar-refractivity contribution in [1.82, 2.24) is 10.2 Å². The van der Waals surface area contributed by atoms with E-state index in [9.17, 15) is 9.59 Å². The second kappa shape index (κ2) is 7.78. The molecule has 2 amide bonds. The first kappa shape index (κ1) is 16.3. The van der Waals surface area contributed by atoms with Crippen LogP contribution in [0.15, 0.2) is 0 Å². The van der Waals surface area contributed by atoms with Gasteiger partial charge in [-0.3, -0.25) is 9.59 Å². The van der Waals surface area contributed by atoms with Crippen LogP contribution < -0.4 is 5.32 Å². The second-order valence-corrected chi connectivity index (χ2v) is 6.43. The van der Waals surface area contributed by atoms with E-state index in [1.165, 1.54) is 0 Å². The average Bonchev–Trinajstić information content (AvgIpc) is 3.35. The molecule has 21 heavy (non-hydrogen) atoms. The van der Waals surface area contributed by atoms with Crippen LogP contribution in [0, 0.1) is 17.8 Å². The van der Waals surface area contributed by atoms with Gasteiger partial charge in [0.1, 0.15) is 0 Å². The predicted molar refractivity (Wildman–Crippen MR) is 80.5 cm³/mol. The molecule has 5 heteroatoms. The van der Waals surface area contributed by atoms with Crippen molar-refractivity contribution < 1.29 is 14.7 Å². The lowest BCUT2D eigenvalue weighted by molar-refractivity contribution is -0.136. The molecule has 1 saturated heterocycles. The van der Waals surface area contributed by atoms with Gasteiger partial charge >= 0.3 is 0 Å². The molecule has 2 atom stereocenters. The molecule has 0 aromatic carbocycles. The summed E-state index contributed by atoms with van der Waals surface area (Å²) in [5, 5.41) is 12.0. The maximum absolute atomic E-state index is 12.3. The maximum atomic E-state index is 12.3. The van der Waals surface area contributed by atoms with Gasteiger partial charge in [0, 0.05) is 32.2 Å². The van der Waals surface area contributed by atoms with Crippen molar-refractivity contribution in [2.75, 3.05) is 26.2 Å². The van der Waals surface area contributed by atoms with Crippen LogP contribution in [0.3, 0.4) is 0 Å². The highest BCUT2D eigenvalue weighted by molar-refractivity contribution is 5.83. The Kier molecular flexibility index (Phi) is 6.03. The fraction of sp³-hybridized carbons (Fsp3) is 0.875. The Balaban J connectivity index is 1.77. The molecule has 5 nitrogen and oxygen atoms in total. The van der Waals surface area contributed by atoms with E-state index in [1.54, 1.807) is 0 Å². The van der Waals surface area contributed by atoms with Gasteiger partial charge in [0.15, 0.2) is 0 Å². The Morgan fingerprint density at radius 3 is 2.67 bits per heavy atom. The lowest BCUT2D eigenvalue weighted by Crippen LogP contribution is -2.46. The quantitative estimate of drug-likeness (QED) is 0.740. The fourth-order valence-corrected chi connectivity index (χ4v) is 3.00. The minimum Gasteiger partial charge on any atom is -0.396 e. The van der Waals surface area contributed by atoms with Gasteiger partial charge in [0.05, 0.1) is 5.92 Å². The molecule has 120 valence electrons. The van der Waals surface area contributed by atoms with Gasteiger partial charge in [-0.1, -0.05) is 13.3 Å². The monoisotopic (exact) mass is 296 g/mol. The summed E-state index contributed by atoms with van der Waals surface area (Å²) in [5.74, 6) is 0.833. The van der Waals surface area contributed by atoms with E-state index >= 15 is 0 Å². The fourth-order valence-electron chi connectivity index (χ4n) is 3.00. The molecule has 1 aliphatic heterocycles. The minimum atomic E-state index is -0.0620. The Hall–Kier alpha value is -1.10. The Labute approximate surface area is 127 Å². The molecule has 1 saturated carbocycles. The molecule has 0 radical (unpaired) electrons. The molecule has 0 aromatic rings. The number of carbonyl (C=O) groups is 2. The van der Waals surface area contributed by atoms with Crippen molar-refractivity contribution in [3.05, 3.63) is 0 Å². The molecular formula is C16H28N2O3. The lowest BCUT2D eigenvalue weighted by atomic mass is 9.96. The summed E-state index contributed by atoms with van der Waals surface area (Å²) < 4.78 is 0. The van der Waals surface area contributed by atoms with E-state index < -0.39 is 0 Å². The van der Waals surface area contributed by atoms with Crippen molar-refractivity contribution in [2.45, 2.75) is 45.4 Å². The average molecular weight is 296 g/mol. The van der Waals surface area contributed by atoms with Crippen LogP contribution >= 0.6 is 0 Å². The minimum absolute atomic E-state index is 0.0620. The molecular weight excluding hydrogens is 268 g/mol. The molecule has 0 spiro atoms. The van der Waals surface area contributed by atoms with Gasteiger partial charge in [-0.15, -0.1) is 0 Å². The summed E-state index contributed by atoms with van der Waals surface area (Å²) in [6.07, 6.45) is 5.52. The smallest absolute Gasteiger partial charge is 0.225 e. The van der Waals surface area contributed by atoms with E-state index in [0.29, 0.717) is 19.0 Å². The van der Waals surface area contributed by atoms with Gasteiger partial charge in [-0.05, 0) is 38.0 Å². The van der Waals surface area contributed by atoms with Gasteiger partial charge in [-0.2, -0.15) is 0 Å². The number of likely N-dealkylation sites (tertiary alicyclic amines) is 1. The third-order valence-corrected chi connectivity index (χ3v) is 4.71. The SMILES string of the molecule is CCC(CCO)CNC(=O)C1CCCN(C(=O)C2CC2)C1. The Morgan fingerprint density at radius 1 is 1.29 bits per heavy atom. The Bertz CT molecular complexity index is 369. The third kappa shape index (κ3) is 4.70. The first-order valence-corrected chi connectivity index (χ1v) is 8.33. The van der Waals surface area contributed by atoms with Crippen LogP contribution in [-0.4, -0.2) is 48.1 Å². The first-order chi connectivity index (χ1) is 10.2. The van der Waals surface area contributed by atoms with E-state index in [4.69, 9.17) is 5.11 Å². The van der Waals surface area contributed by atoms with Gasteiger partial charge < -0.3 is 15.3 Å². The summed E-state index contributed by atoms with van der Waals surface area (Å²) in [6, 6.07) is 0. The number of rotatable bonds is 7. The Morgan fingerprint density at radius 2 is 2.05 bits per heavy atom. The van der Waals surface area contributed by atoms with Crippen molar-refractivity contribution >= 4 is 11.8 Å². The number of nitrogens with zero attached hydrogens (tertiary/aromatic N) is 1. The van der Waals surface area contributed by atoms with Crippen molar-refractivity contribution in [3.8, 4) is 0 Å². The maximum Gasteiger partial charge on any atom is 0.225 e. The van der Waals surface area contributed by atoms with Crippen LogP contribution in [0.1, 0.15) is 45.4 Å². The number of nitrogens with one attached hydrogen (secondary N) is 1. The highest BCUT2D eigenvalue weighted by Gasteiger charge is 2.36. The van der Waals surface area contributed by atoms with Crippen molar-refractivity contribution in [3.63, 3.8) is 0 Å². The summed E-state index contributed by atoms with van der Waals surface area (Å²) in [4.78, 5) is 26.2. The van der Waals surface area contributed by atoms with Crippen molar-refractivity contribution in [2.24, 2.45) is 17.8 Å². The van der Waals surface area contributed by atoms with Crippen LogP contribution in [0.25, 0.3) is 0 Å². The number of aliphatic hydroxyl groups is 1. The summed E-state index contributed by atoms with van der Waals surface area (Å²) in [6.45, 7) is 4.26. The number of hydrogen-bond acceptors (Lipinski definition) is 3. The number of aliphatic hydroxyl groups excluding tert-OH is 1. The zero-order valence-corrected chi connectivity index (χ0v) is 13.0. The van der Waals surface area contributed by atoms with Crippen LogP contribution in [0.4, 0.5) is 0 Å². The topological polar surface area (TPSA) is 69.6 Å². The summed E-state index contributed by atoms with van der Waals surface area (Å²) in [7, 11) is 0. The predicted octanol–water partition coefficient (Wildman–Crippen LogP) is 1.16. The van der Waals surface area contributed by atoms with Crippen LogP contribution in [0.5, 0.6) is 0 Å². The normalized spacial score (nSPS) is 23.7. The molecule has 2 fully saturated rings. The number of amides is 2. The molecule has 2 unspecified atom stereocenters. The van der Waals surface area contributed by atoms with E-state index in [1.807, 2.05) is 4.90 Å². The highest BCUT2D eigenvalue weighted by atomic mass is 16.3. The molecule has 2 rings (SSSR count). The molecule has 2 N–H and O–H groups in total. The van der Waals surface area contributed by atoms with Crippen LogP contribution in [-0.2, 0) is 9.59 Å². The third-order valence-electron chi connectivity index (χ3n) is 4.71. The standard InChI is InChI=1S/C16H28N2O3/c1-2-12(7-9-19)10-17-15(20)14-4-3-8-18(11-14)16(21)13-5-6-13/h12-14,19H,2-11H2,1H3,(H,17,20). The number of piperidine rings is 1. The second-order valence-electron chi connectivity index (χ2n) is 6.43. The highest BCUT2D eigenvalue weighted by Crippen LogP contribution is 2.32.